The molecular weight excluding hydrogens is 194 g/mol. The Morgan fingerprint density at radius 3 is 2.60 bits per heavy atom. The molecule has 1 rings (SSSR count). The zero-order chi connectivity index (χ0) is 11.5. The predicted octanol–water partition coefficient (Wildman–Crippen LogP) is 1.29. The van der Waals surface area contributed by atoms with Crippen LogP contribution in [0.2, 0.25) is 0 Å². The zero-order valence-corrected chi connectivity index (χ0v) is 8.81. The molecule has 0 radical (unpaired) electrons. The summed E-state index contributed by atoms with van der Waals surface area (Å²) in [7, 11) is 0. The second-order valence-corrected chi connectivity index (χ2v) is 3.97. The summed E-state index contributed by atoms with van der Waals surface area (Å²) < 4.78 is 0. The van der Waals surface area contributed by atoms with Crippen molar-refractivity contribution in [3.8, 4) is 11.5 Å². The van der Waals surface area contributed by atoms with Crippen LogP contribution >= 0.6 is 0 Å². The maximum absolute atomic E-state index is 9.44. The summed E-state index contributed by atoms with van der Waals surface area (Å²) in [6, 6.07) is 4.19. The minimum absolute atomic E-state index is 0.0466. The number of benzene rings is 1. The van der Waals surface area contributed by atoms with Gasteiger partial charge in [-0.05, 0) is 32.0 Å². The maximum Gasteiger partial charge on any atom is 0.124 e. The maximum atomic E-state index is 9.44. The highest BCUT2D eigenvalue weighted by Crippen LogP contribution is 2.21. The van der Waals surface area contributed by atoms with E-state index in [2.05, 4.69) is 4.99 Å². The normalized spacial score (nSPS) is 12.2. The molecule has 0 saturated carbocycles. The van der Waals surface area contributed by atoms with E-state index in [4.69, 9.17) is 5.11 Å². The number of hydrogen-bond donors (Lipinski definition) is 3. The van der Waals surface area contributed by atoms with Crippen molar-refractivity contribution in [3.05, 3.63) is 23.8 Å². The van der Waals surface area contributed by atoms with Gasteiger partial charge in [0.05, 0.1) is 12.1 Å². The van der Waals surface area contributed by atoms with Crippen molar-refractivity contribution in [3.63, 3.8) is 0 Å². The van der Waals surface area contributed by atoms with Gasteiger partial charge in [-0.2, -0.15) is 0 Å². The van der Waals surface area contributed by atoms with Crippen molar-refractivity contribution < 1.29 is 15.3 Å². The lowest BCUT2D eigenvalue weighted by molar-refractivity contribution is 0.223. The van der Waals surface area contributed by atoms with Crippen LogP contribution in [0.25, 0.3) is 0 Å². The van der Waals surface area contributed by atoms with Crippen molar-refractivity contribution in [2.24, 2.45) is 4.99 Å². The van der Waals surface area contributed by atoms with Gasteiger partial charge in [-0.3, -0.25) is 4.99 Å². The van der Waals surface area contributed by atoms with Gasteiger partial charge in [-0.25, -0.2) is 0 Å². The van der Waals surface area contributed by atoms with Gasteiger partial charge in [0, 0.05) is 11.8 Å². The van der Waals surface area contributed by atoms with Gasteiger partial charge in [-0.15, -0.1) is 0 Å². The van der Waals surface area contributed by atoms with E-state index >= 15 is 0 Å². The third kappa shape index (κ3) is 3.25. The van der Waals surface area contributed by atoms with Crippen LogP contribution in [0.5, 0.6) is 11.5 Å². The van der Waals surface area contributed by atoms with Gasteiger partial charge >= 0.3 is 0 Å². The molecule has 4 heteroatoms. The van der Waals surface area contributed by atoms with Gasteiger partial charge in [0.15, 0.2) is 0 Å². The zero-order valence-electron chi connectivity index (χ0n) is 8.81. The fourth-order valence-electron chi connectivity index (χ4n) is 0.930. The minimum atomic E-state index is -0.585. The van der Waals surface area contributed by atoms with Crippen LogP contribution in [0.3, 0.4) is 0 Å². The summed E-state index contributed by atoms with van der Waals surface area (Å²) in [6.45, 7) is 3.45. The van der Waals surface area contributed by atoms with E-state index in [1.807, 2.05) is 0 Å². The van der Waals surface area contributed by atoms with E-state index in [1.54, 1.807) is 13.8 Å². The SMILES string of the molecule is CC(C)(CO)N=Cc1cc(O)ccc1O. The fourth-order valence-corrected chi connectivity index (χ4v) is 0.930. The number of phenolic OH excluding ortho intramolecular Hbond substituents is 2. The van der Waals surface area contributed by atoms with E-state index in [0.29, 0.717) is 5.56 Å². The largest absolute Gasteiger partial charge is 0.508 e. The summed E-state index contributed by atoms with van der Waals surface area (Å²) in [6.07, 6.45) is 1.44. The summed E-state index contributed by atoms with van der Waals surface area (Å²) in [5.41, 5.74) is -0.158. The molecule has 0 fully saturated rings. The molecule has 1 aromatic rings. The van der Waals surface area contributed by atoms with Gasteiger partial charge in [0.2, 0.25) is 0 Å². The first-order valence-electron chi connectivity index (χ1n) is 4.63. The molecule has 4 nitrogen and oxygen atoms in total. The van der Waals surface area contributed by atoms with Crippen LogP contribution in [0, 0.1) is 0 Å². The van der Waals surface area contributed by atoms with Crippen LogP contribution in [0.15, 0.2) is 23.2 Å². The number of phenols is 2. The number of aromatic hydroxyl groups is 2. The number of rotatable bonds is 3. The van der Waals surface area contributed by atoms with Crippen molar-refractivity contribution in [2.75, 3.05) is 6.61 Å². The first-order valence-corrected chi connectivity index (χ1v) is 4.63. The summed E-state index contributed by atoms with van der Waals surface area (Å²) >= 11 is 0. The standard InChI is InChI=1S/C11H15NO3/c1-11(2,7-13)12-6-8-5-9(14)3-4-10(8)15/h3-6,13-15H,7H2,1-2H3. The van der Waals surface area contributed by atoms with Crippen molar-refractivity contribution in [2.45, 2.75) is 19.4 Å². The number of aliphatic hydroxyl groups is 1. The first-order chi connectivity index (χ1) is 6.94. The fraction of sp³-hybridized carbons (Fsp3) is 0.364. The molecule has 0 unspecified atom stereocenters. The van der Waals surface area contributed by atoms with Crippen molar-refractivity contribution in [1.82, 2.24) is 0 Å². The lowest BCUT2D eigenvalue weighted by Gasteiger charge is -2.15. The molecule has 0 atom stereocenters. The lowest BCUT2D eigenvalue weighted by Crippen LogP contribution is -2.21. The van der Waals surface area contributed by atoms with E-state index < -0.39 is 5.54 Å². The molecule has 0 amide bonds. The quantitative estimate of drug-likeness (QED) is 0.518. The van der Waals surface area contributed by atoms with Crippen molar-refractivity contribution in [1.29, 1.82) is 0 Å². The Morgan fingerprint density at radius 2 is 2.00 bits per heavy atom. The van der Waals surface area contributed by atoms with Crippen LogP contribution in [0.1, 0.15) is 19.4 Å². The van der Waals surface area contributed by atoms with Gasteiger partial charge in [0.25, 0.3) is 0 Å². The lowest BCUT2D eigenvalue weighted by atomic mass is 10.1. The molecule has 0 heterocycles. The second-order valence-electron chi connectivity index (χ2n) is 3.97. The van der Waals surface area contributed by atoms with E-state index in [9.17, 15) is 10.2 Å². The van der Waals surface area contributed by atoms with Crippen LogP contribution in [-0.4, -0.2) is 33.7 Å². The highest BCUT2D eigenvalue weighted by molar-refractivity contribution is 5.84. The monoisotopic (exact) mass is 209 g/mol. The van der Waals surface area contributed by atoms with Crippen molar-refractivity contribution >= 4 is 6.21 Å². The first kappa shape index (κ1) is 11.5. The summed E-state index contributed by atoms with van der Waals surface area (Å²) in [4.78, 5) is 4.10. The number of hydrogen-bond acceptors (Lipinski definition) is 4. The van der Waals surface area contributed by atoms with Gasteiger partial charge in [-0.1, -0.05) is 0 Å². The third-order valence-corrected chi connectivity index (χ3v) is 1.95. The second kappa shape index (κ2) is 4.31. The molecule has 0 spiro atoms. The molecule has 15 heavy (non-hydrogen) atoms. The molecule has 0 bridgehead atoms. The Morgan fingerprint density at radius 1 is 1.33 bits per heavy atom. The molecule has 0 aromatic heterocycles. The molecule has 0 saturated heterocycles. The Bertz CT molecular complexity index is 372. The number of aliphatic imine (C=N–C) groups is 1. The minimum Gasteiger partial charge on any atom is -0.508 e. The Balaban J connectivity index is 2.94. The Kier molecular flexibility index (Phi) is 3.31. The third-order valence-electron chi connectivity index (χ3n) is 1.95. The molecule has 0 aliphatic heterocycles. The van der Waals surface area contributed by atoms with Crippen LogP contribution in [-0.2, 0) is 0 Å². The topological polar surface area (TPSA) is 73.1 Å². The Hall–Kier alpha value is -1.55. The molecule has 1 aromatic carbocycles. The summed E-state index contributed by atoms with van der Waals surface area (Å²) in [5, 5.41) is 27.6. The average Bonchev–Trinajstić information content (AvgIpc) is 2.20. The predicted molar refractivity (Wildman–Crippen MR) is 58.5 cm³/mol. The molecular formula is C11H15NO3. The van der Waals surface area contributed by atoms with Gasteiger partial charge in [0.1, 0.15) is 11.5 Å². The van der Waals surface area contributed by atoms with Crippen LogP contribution in [0.4, 0.5) is 0 Å². The molecule has 0 aliphatic carbocycles. The average molecular weight is 209 g/mol. The van der Waals surface area contributed by atoms with Gasteiger partial charge < -0.3 is 15.3 Å². The number of nitrogens with zero attached hydrogens (tertiary/aromatic N) is 1. The number of aliphatic hydroxyl groups excluding tert-OH is 1. The van der Waals surface area contributed by atoms with Crippen LogP contribution < -0.4 is 0 Å². The van der Waals surface area contributed by atoms with E-state index in [0.717, 1.165) is 0 Å². The summed E-state index contributed by atoms with van der Waals surface area (Å²) in [5.74, 6) is 0.112. The van der Waals surface area contributed by atoms with E-state index in [1.165, 1.54) is 24.4 Å². The molecule has 82 valence electrons. The van der Waals surface area contributed by atoms with E-state index in [-0.39, 0.29) is 18.1 Å². The Labute approximate surface area is 88.5 Å². The smallest absolute Gasteiger partial charge is 0.124 e. The highest BCUT2D eigenvalue weighted by atomic mass is 16.3. The highest BCUT2D eigenvalue weighted by Gasteiger charge is 2.13. The molecule has 3 N–H and O–H groups in total. The molecule has 0 aliphatic rings.